The lowest BCUT2D eigenvalue weighted by atomic mass is 10.1. The molecule has 0 aliphatic carbocycles. The van der Waals surface area contributed by atoms with Crippen LogP contribution in [0.1, 0.15) is 30.4 Å². The summed E-state index contributed by atoms with van der Waals surface area (Å²) in [5, 5.41) is 5.68. The van der Waals surface area contributed by atoms with Gasteiger partial charge in [0.15, 0.2) is 0 Å². The van der Waals surface area contributed by atoms with Crippen LogP contribution >= 0.6 is 0 Å². The zero-order chi connectivity index (χ0) is 19.2. The first-order valence-electron chi connectivity index (χ1n) is 9.15. The standard InChI is InChI=1S/C21H25N3O3/c1-15-6-5-7-16(12-15)14-22-21(26)23-17-9-10-19(27-2)18(13-17)24-11-4-3-8-20(24)25/h5-7,9-10,12-13H,3-4,8,11,14H2,1-2H3,(H2,22,23,26). The van der Waals surface area contributed by atoms with E-state index in [2.05, 4.69) is 10.6 Å². The lowest BCUT2D eigenvalue weighted by Crippen LogP contribution is -2.35. The molecule has 1 fully saturated rings. The van der Waals surface area contributed by atoms with Crippen molar-refractivity contribution in [2.45, 2.75) is 32.7 Å². The fraction of sp³-hybridized carbons (Fsp3) is 0.333. The second-order valence-corrected chi connectivity index (χ2v) is 6.69. The van der Waals surface area contributed by atoms with Crippen LogP contribution in [0.25, 0.3) is 0 Å². The number of ether oxygens (including phenoxy) is 1. The Morgan fingerprint density at radius 2 is 2.04 bits per heavy atom. The van der Waals surface area contributed by atoms with E-state index in [0.717, 1.165) is 24.0 Å². The van der Waals surface area contributed by atoms with E-state index in [1.165, 1.54) is 0 Å². The summed E-state index contributed by atoms with van der Waals surface area (Å²) in [7, 11) is 1.58. The van der Waals surface area contributed by atoms with Gasteiger partial charge in [-0.05, 0) is 43.5 Å². The van der Waals surface area contributed by atoms with Crippen LogP contribution in [0.5, 0.6) is 5.75 Å². The summed E-state index contributed by atoms with van der Waals surface area (Å²) in [5.41, 5.74) is 3.50. The molecule has 6 heteroatoms. The van der Waals surface area contributed by atoms with Gasteiger partial charge < -0.3 is 20.3 Å². The van der Waals surface area contributed by atoms with E-state index in [4.69, 9.17) is 4.74 Å². The molecule has 0 atom stereocenters. The smallest absolute Gasteiger partial charge is 0.319 e. The average molecular weight is 367 g/mol. The SMILES string of the molecule is COc1ccc(NC(=O)NCc2cccc(C)c2)cc1N1CCCCC1=O. The summed E-state index contributed by atoms with van der Waals surface area (Å²) in [5.74, 6) is 0.705. The summed E-state index contributed by atoms with van der Waals surface area (Å²) >= 11 is 0. The zero-order valence-corrected chi connectivity index (χ0v) is 15.7. The highest BCUT2D eigenvalue weighted by Gasteiger charge is 2.23. The molecule has 6 nitrogen and oxygen atoms in total. The lowest BCUT2D eigenvalue weighted by molar-refractivity contribution is -0.119. The number of urea groups is 1. The van der Waals surface area contributed by atoms with Crippen LogP contribution in [0.15, 0.2) is 42.5 Å². The molecular formula is C21H25N3O3. The Morgan fingerprint density at radius 1 is 1.19 bits per heavy atom. The van der Waals surface area contributed by atoms with Gasteiger partial charge in [-0.25, -0.2) is 4.79 Å². The molecule has 0 spiro atoms. The minimum Gasteiger partial charge on any atom is -0.495 e. The monoisotopic (exact) mass is 367 g/mol. The molecule has 142 valence electrons. The number of rotatable bonds is 5. The normalized spacial score (nSPS) is 14.0. The number of hydrogen-bond acceptors (Lipinski definition) is 3. The summed E-state index contributed by atoms with van der Waals surface area (Å²) in [6.45, 7) is 3.13. The fourth-order valence-corrected chi connectivity index (χ4v) is 3.22. The number of nitrogens with one attached hydrogen (secondary N) is 2. The van der Waals surface area contributed by atoms with Gasteiger partial charge in [-0.1, -0.05) is 29.8 Å². The highest BCUT2D eigenvalue weighted by atomic mass is 16.5. The van der Waals surface area contributed by atoms with Crippen LogP contribution in [0.4, 0.5) is 16.2 Å². The van der Waals surface area contributed by atoms with Gasteiger partial charge in [-0.15, -0.1) is 0 Å². The summed E-state index contributed by atoms with van der Waals surface area (Å²) in [4.78, 5) is 26.2. The maximum absolute atomic E-state index is 12.3. The van der Waals surface area contributed by atoms with Crippen LogP contribution < -0.4 is 20.3 Å². The third kappa shape index (κ3) is 4.78. The quantitative estimate of drug-likeness (QED) is 0.843. The van der Waals surface area contributed by atoms with Crippen molar-refractivity contribution in [2.24, 2.45) is 0 Å². The average Bonchev–Trinajstić information content (AvgIpc) is 2.67. The van der Waals surface area contributed by atoms with Gasteiger partial charge in [0.1, 0.15) is 5.75 Å². The number of carbonyl (C=O) groups is 2. The molecule has 1 aliphatic heterocycles. The van der Waals surface area contributed by atoms with Crippen LogP contribution in [-0.2, 0) is 11.3 Å². The molecule has 2 aromatic rings. The number of anilines is 2. The van der Waals surface area contributed by atoms with Crippen molar-refractivity contribution in [2.75, 3.05) is 23.9 Å². The van der Waals surface area contributed by atoms with Gasteiger partial charge in [0, 0.05) is 25.2 Å². The number of hydrogen-bond donors (Lipinski definition) is 2. The van der Waals surface area contributed by atoms with Crippen molar-refractivity contribution >= 4 is 23.3 Å². The minimum atomic E-state index is -0.294. The number of amides is 3. The van der Waals surface area contributed by atoms with E-state index in [0.29, 0.717) is 36.6 Å². The third-order valence-electron chi connectivity index (χ3n) is 4.59. The fourth-order valence-electron chi connectivity index (χ4n) is 3.22. The lowest BCUT2D eigenvalue weighted by Gasteiger charge is -2.28. The molecule has 1 saturated heterocycles. The van der Waals surface area contributed by atoms with Crippen LogP contribution in [-0.4, -0.2) is 25.6 Å². The number of piperidine rings is 1. The molecule has 3 rings (SSSR count). The van der Waals surface area contributed by atoms with E-state index in [1.54, 1.807) is 30.2 Å². The van der Waals surface area contributed by atoms with Gasteiger partial charge in [0.25, 0.3) is 0 Å². The molecule has 2 N–H and O–H groups in total. The minimum absolute atomic E-state index is 0.0839. The van der Waals surface area contributed by atoms with Gasteiger partial charge in [0.05, 0.1) is 12.8 Å². The highest BCUT2D eigenvalue weighted by Crippen LogP contribution is 2.33. The molecule has 3 amide bonds. The molecule has 0 radical (unpaired) electrons. The van der Waals surface area contributed by atoms with E-state index < -0.39 is 0 Å². The predicted octanol–water partition coefficient (Wildman–Crippen LogP) is 3.84. The van der Waals surface area contributed by atoms with Crippen molar-refractivity contribution < 1.29 is 14.3 Å². The molecule has 1 aliphatic rings. The number of aryl methyl sites for hydroxylation is 1. The van der Waals surface area contributed by atoms with Crippen LogP contribution in [0.3, 0.4) is 0 Å². The second-order valence-electron chi connectivity index (χ2n) is 6.69. The van der Waals surface area contributed by atoms with E-state index in [1.807, 2.05) is 31.2 Å². The molecule has 2 aromatic carbocycles. The Hall–Kier alpha value is -3.02. The second kappa shape index (κ2) is 8.58. The number of benzene rings is 2. The summed E-state index contributed by atoms with van der Waals surface area (Å²) in [6, 6.07) is 13.0. The molecule has 1 heterocycles. The first kappa shape index (κ1) is 18.8. The highest BCUT2D eigenvalue weighted by molar-refractivity contribution is 5.97. The van der Waals surface area contributed by atoms with Crippen molar-refractivity contribution in [3.05, 3.63) is 53.6 Å². The molecule has 0 aromatic heterocycles. The van der Waals surface area contributed by atoms with Gasteiger partial charge in [0.2, 0.25) is 5.91 Å². The number of nitrogens with zero attached hydrogens (tertiary/aromatic N) is 1. The van der Waals surface area contributed by atoms with Gasteiger partial charge >= 0.3 is 6.03 Å². The topological polar surface area (TPSA) is 70.7 Å². The molecule has 0 bridgehead atoms. The maximum Gasteiger partial charge on any atom is 0.319 e. The van der Waals surface area contributed by atoms with Crippen molar-refractivity contribution in [1.29, 1.82) is 0 Å². The third-order valence-corrected chi connectivity index (χ3v) is 4.59. The van der Waals surface area contributed by atoms with Gasteiger partial charge in [-0.3, -0.25) is 4.79 Å². The van der Waals surface area contributed by atoms with Crippen LogP contribution in [0, 0.1) is 6.92 Å². The predicted molar refractivity (Wildman–Crippen MR) is 106 cm³/mol. The van der Waals surface area contributed by atoms with E-state index in [-0.39, 0.29) is 11.9 Å². The van der Waals surface area contributed by atoms with Crippen LogP contribution in [0.2, 0.25) is 0 Å². The molecular weight excluding hydrogens is 342 g/mol. The van der Waals surface area contributed by atoms with E-state index in [9.17, 15) is 9.59 Å². The Morgan fingerprint density at radius 3 is 2.78 bits per heavy atom. The van der Waals surface area contributed by atoms with Crippen molar-refractivity contribution in [1.82, 2.24) is 5.32 Å². The molecule has 27 heavy (non-hydrogen) atoms. The molecule has 0 saturated carbocycles. The van der Waals surface area contributed by atoms with Crippen molar-refractivity contribution in [3.63, 3.8) is 0 Å². The number of carbonyl (C=O) groups excluding carboxylic acids is 2. The zero-order valence-electron chi connectivity index (χ0n) is 15.7. The summed E-state index contributed by atoms with van der Waals surface area (Å²) < 4.78 is 5.40. The maximum atomic E-state index is 12.3. The molecule has 0 unspecified atom stereocenters. The Kier molecular flexibility index (Phi) is 5.96. The number of methoxy groups -OCH3 is 1. The first-order valence-corrected chi connectivity index (χ1v) is 9.15. The van der Waals surface area contributed by atoms with E-state index >= 15 is 0 Å². The Labute approximate surface area is 159 Å². The Balaban J connectivity index is 1.68. The first-order chi connectivity index (χ1) is 13.1. The van der Waals surface area contributed by atoms with Gasteiger partial charge in [-0.2, -0.15) is 0 Å². The largest absolute Gasteiger partial charge is 0.495 e. The van der Waals surface area contributed by atoms with Crippen molar-refractivity contribution in [3.8, 4) is 5.75 Å². The Bertz CT molecular complexity index is 835. The summed E-state index contributed by atoms with van der Waals surface area (Å²) in [6.07, 6.45) is 2.41.